The Kier molecular flexibility index (Phi) is 4.65. The molecule has 0 amide bonds. The molecule has 2 aromatic rings. The molecule has 0 saturated carbocycles. The highest BCUT2D eigenvalue weighted by molar-refractivity contribution is 6.31. The third kappa shape index (κ3) is 3.76. The lowest BCUT2D eigenvalue weighted by molar-refractivity contribution is -0.384. The van der Waals surface area contributed by atoms with Crippen LogP contribution in [0.25, 0.3) is 0 Å². The molecule has 0 saturated heterocycles. The van der Waals surface area contributed by atoms with Crippen LogP contribution < -0.4 is 5.32 Å². The molecule has 0 fully saturated rings. The summed E-state index contributed by atoms with van der Waals surface area (Å²) < 4.78 is 0. The van der Waals surface area contributed by atoms with Crippen molar-refractivity contribution in [3.05, 3.63) is 68.5 Å². The van der Waals surface area contributed by atoms with Gasteiger partial charge in [-0.05, 0) is 30.7 Å². The second-order valence-electron chi connectivity index (χ2n) is 4.41. The van der Waals surface area contributed by atoms with Crippen LogP contribution in [-0.4, -0.2) is 9.91 Å². The summed E-state index contributed by atoms with van der Waals surface area (Å²) in [5.74, 6) is 0. The number of aromatic nitrogens is 1. The van der Waals surface area contributed by atoms with E-state index in [1.54, 1.807) is 6.07 Å². The van der Waals surface area contributed by atoms with E-state index in [4.69, 9.17) is 11.6 Å². The third-order valence-corrected chi connectivity index (χ3v) is 3.17. The van der Waals surface area contributed by atoms with Crippen molar-refractivity contribution in [3.63, 3.8) is 0 Å². The van der Waals surface area contributed by atoms with E-state index in [-0.39, 0.29) is 5.69 Å². The molecule has 104 valence electrons. The zero-order valence-electron chi connectivity index (χ0n) is 11.0. The Morgan fingerprint density at radius 3 is 2.75 bits per heavy atom. The number of non-ortho nitro benzene ring substituents is 1. The van der Waals surface area contributed by atoms with Gasteiger partial charge in [0.05, 0.1) is 15.6 Å². The minimum atomic E-state index is -0.459. The Bertz CT molecular complexity index is 632. The van der Waals surface area contributed by atoms with Gasteiger partial charge >= 0.3 is 0 Å². The van der Waals surface area contributed by atoms with E-state index in [0.717, 1.165) is 17.0 Å². The number of nitro groups is 1. The monoisotopic (exact) mass is 291 g/mol. The predicted molar refractivity (Wildman–Crippen MR) is 77.6 cm³/mol. The van der Waals surface area contributed by atoms with E-state index in [1.165, 1.54) is 12.1 Å². The molecule has 1 heterocycles. The lowest BCUT2D eigenvalue weighted by atomic mass is 10.2. The summed E-state index contributed by atoms with van der Waals surface area (Å²) in [5.41, 5.74) is 2.74. The molecule has 2 rings (SSSR count). The quantitative estimate of drug-likeness (QED) is 0.678. The molecule has 6 heteroatoms. The van der Waals surface area contributed by atoms with Crippen LogP contribution in [0.5, 0.6) is 0 Å². The van der Waals surface area contributed by atoms with Gasteiger partial charge in [-0.15, -0.1) is 0 Å². The number of nitrogens with zero attached hydrogens (tertiary/aromatic N) is 2. The average Bonchev–Trinajstić information content (AvgIpc) is 2.40. The molecule has 0 spiro atoms. The zero-order valence-corrected chi connectivity index (χ0v) is 11.7. The van der Waals surface area contributed by atoms with Crippen molar-refractivity contribution in [2.75, 3.05) is 0 Å². The van der Waals surface area contributed by atoms with Gasteiger partial charge in [-0.25, -0.2) is 0 Å². The van der Waals surface area contributed by atoms with Crippen LogP contribution in [0.4, 0.5) is 5.69 Å². The lowest BCUT2D eigenvalue weighted by Crippen LogP contribution is -2.14. The minimum Gasteiger partial charge on any atom is -0.307 e. The number of rotatable bonds is 5. The number of pyridine rings is 1. The maximum absolute atomic E-state index is 10.6. The summed E-state index contributed by atoms with van der Waals surface area (Å²) in [6, 6.07) is 10.3. The van der Waals surface area contributed by atoms with Crippen LogP contribution >= 0.6 is 11.6 Å². The molecule has 1 N–H and O–H groups in total. The Balaban J connectivity index is 1.96. The van der Waals surface area contributed by atoms with Crippen LogP contribution in [0.2, 0.25) is 5.02 Å². The highest BCUT2D eigenvalue weighted by atomic mass is 35.5. The number of nitrogens with one attached hydrogen (secondary N) is 1. The summed E-state index contributed by atoms with van der Waals surface area (Å²) in [6.07, 6.45) is 0. The molecule has 20 heavy (non-hydrogen) atoms. The Morgan fingerprint density at radius 2 is 2.10 bits per heavy atom. The van der Waals surface area contributed by atoms with E-state index in [9.17, 15) is 10.1 Å². The molecule has 5 nitrogen and oxygen atoms in total. The van der Waals surface area contributed by atoms with Crippen molar-refractivity contribution in [2.45, 2.75) is 20.0 Å². The van der Waals surface area contributed by atoms with E-state index in [0.29, 0.717) is 18.1 Å². The largest absolute Gasteiger partial charge is 0.307 e. The van der Waals surface area contributed by atoms with E-state index in [1.807, 2.05) is 25.1 Å². The predicted octanol–water partition coefficient (Wildman–Crippen LogP) is 3.24. The first-order chi connectivity index (χ1) is 9.56. The first-order valence-corrected chi connectivity index (χ1v) is 6.50. The number of benzene rings is 1. The van der Waals surface area contributed by atoms with Gasteiger partial charge in [0.1, 0.15) is 0 Å². The van der Waals surface area contributed by atoms with Gasteiger partial charge in [-0.2, -0.15) is 0 Å². The highest BCUT2D eigenvalue weighted by Gasteiger charge is 2.09. The van der Waals surface area contributed by atoms with Crippen molar-refractivity contribution >= 4 is 17.3 Å². The van der Waals surface area contributed by atoms with Gasteiger partial charge in [0.2, 0.25) is 0 Å². The van der Waals surface area contributed by atoms with Gasteiger partial charge in [-0.1, -0.05) is 17.7 Å². The van der Waals surface area contributed by atoms with Crippen LogP contribution in [0.3, 0.4) is 0 Å². The van der Waals surface area contributed by atoms with E-state index in [2.05, 4.69) is 10.3 Å². The SMILES string of the molecule is Cc1cccc(CNCc2ccc([N+](=O)[O-])cc2Cl)n1. The fraction of sp³-hybridized carbons (Fsp3) is 0.214. The summed E-state index contributed by atoms with van der Waals surface area (Å²) >= 11 is 6.02. The molecular weight excluding hydrogens is 278 g/mol. The van der Waals surface area contributed by atoms with Gasteiger partial charge in [0.15, 0.2) is 0 Å². The summed E-state index contributed by atoms with van der Waals surface area (Å²) in [4.78, 5) is 14.5. The number of hydrogen-bond donors (Lipinski definition) is 1. The van der Waals surface area contributed by atoms with Crippen LogP contribution in [0.1, 0.15) is 17.0 Å². The Labute approximate surface area is 121 Å². The third-order valence-electron chi connectivity index (χ3n) is 2.82. The fourth-order valence-electron chi connectivity index (χ4n) is 1.82. The van der Waals surface area contributed by atoms with Gasteiger partial charge < -0.3 is 5.32 Å². The summed E-state index contributed by atoms with van der Waals surface area (Å²) in [6.45, 7) is 3.10. The highest BCUT2D eigenvalue weighted by Crippen LogP contribution is 2.22. The Morgan fingerprint density at radius 1 is 1.30 bits per heavy atom. The fourth-order valence-corrected chi connectivity index (χ4v) is 2.06. The molecule has 1 aromatic carbocycles. The van der Waals surface area contributed by atoms with Crippen molar-refractivity contribution < 1.29 is 4.92 Å². The molecule has 0 aliphatic heterocycles. The second kappa shape index (κ2) is 6.45. The van der Waals surface area contributed by atoms with Gasteiger partial charge in [0, 0.05) is 30.9 Å². The summed E-state index contributed by atoms with van der Waals surface area (Å²) in [5, 5.41) is 14.2. The summed E-state index contributed by atoms with van der Waals surface area (Å²) in [7, 11) is 0. The first kappa shape index (κ1) is 14.4. The molecule has 0 atom stereocenters. The second-order valence-corrected chi connectivity index (χ2v) is 4.81. The van der Waals surface area contributed by atoms with Crippen molar-refractivity contribution in [2.24, 2.45) is 0 Å². The van der Waals surface area contributed by atoms with E-state index < -0.39 is 4.92 Å². The zero-order chi connectivity index (χ0) is 14.5. The number of aryl methyl sites for hydroxylation is 1. The van der Waals surface area contributed by atoms with Gasteiger partial charge in [0.25, 0.3) is 5.69 Å². The van der Waals surface area contributed by atoms with Crippen molar-refractivity contribution in [1.29, 1.82) is 0 Å². The van der Waals surface area contributed by atoms with Crippen LogP contribution in [-0.2, 0) is 13.1 Å². The topological polar surface area (TPSA) is 68.1 Å². The maximum atomic E-state index is 10.6. The molecule has 1 aromatic heterocycles. The molecule has 0 aliphatic carbocycles. The lowest BCUT2D eigenvalue weighted by Gasteiger charge is -2.07. The minimum absolute atomic E-state index is 0.000833. The number of nitro benzene ring substituents is 1. The standard InChI is InChI=1S/C14H14ClN3O2/c1-10-3-2-4-12(17-10)9-16-8-11-5-6-13(18(19)20)7-14(11)15/h2-7,16H,8-9H2,1H3. The van der Waals surface area contributed by atoms with Crippen LogP contribution in [0.15, 0.2) is 36.4 Å². The normalized spacial score (nSPS) is 10.5. The maximum Gasteiger partial charge on any atom is 0.270 e. The molecule has 0 bridgehead atoms. The molecular formula is C14H14ClN3O2. The first-order valence-electron chi connectivity index (χ1n) is 6.12. The van der Waals surface area contributed by atoms with Crippen molar-refractivity contribution in [3.8, 4) is 0 Å². The average molecular weight is 292 g/mol. The Hall–Kier alpha value is -1.98. The van der Waals surface area contributed by atoms with Crippen molar-refractivity contribution in [1.82, 2.24) is 10.3 Å². The number of hydrogen-bond acceptors (Lipinski definition) is 4. The van der Waals surface area contributed by atoms with E-state index >= 15 is 0 Å². The van der Waals surface area contributed by atoms with Gasteiger partial charge in [-0.3, -0.25) is 15.1 Å². The molecule has 0 unspecified atom stereocenters. The smallest absolute Gasteiger partial charge is 0.270 e. The van der Waals surface area contributed by atoms with Crippen LogP contribution in [0, 0.1) is 17.0 Å². The molecule has 0 aliphatic rings. The number of halogens is 1. The molecule has 0 radical (unpaired) electrons.